The van der Waals surface area contributed by atoms with Crippen LogP contribution in [0, 0.1) is 0 Å². The van der Waals surface area contributed by atoms with Crippen molar-refractivity contribution in [2.45, 2.75) is 13.5 Å². The number of hydrogen-bond acceptors (Lipinski definition) is 4. The Kier molecular flexibility index (Phi) is 4.35. The van der Waals surface area contributed by atoms with Crippen LogP contribution < -0.4 is 0 Å². The van der Waals surface area contributed by atoms with Crippen LogP contribution in [0.4, 0.5) is 0 Å². The van der Waals surface area contributed by atoms with Crippen LogP contribution in [0.5, 0.6) is 0 Å². The van der Waals surface area contributed by atoms with Crippen molar-refractivity contribution in [3.8, 4) is 0 Å². The van der Waals surface area contributed by atoms with Crippen LogP contribution in [0.15, 0.2) is 47.6 Å². The monoisotopic (exact) mass is 270 g/mol. The highest BCUT2D eigenvalue weighted by Gasteiger charge is 2.19. The lowest BCUT2D eigenvalue weighted by molar-refractivity contribution is -0.137. The lowest BCUT2D eigenvalue weighted by atomic mass is 10.0. The Morgan fingerprint density at radius 1 is 1.45 bits per heavy atom. The molecule has 0 aromatic heterocycles. The van der Waals surface area contributed by atoms with E-state index in [1.165, 1.54) is 7.11 Å². The number of methoxy groups -OCH3 is 1. The number of carbonyl (C=O) groups excluding carboxylic acids is 1. The third-order valence-corrected chi connectivity index (χ3v) is 3.13. The van der Waals surface area contributed by atoms with Crippen molar-refractivity contribution in [2.24, 2.45) is 4.99 Å². The Balaban J connectivity index is 2.27. The van der Waals surface area contributed by atoms with Crippen molar-refractivity contribution in [3.63, 3.8) is 0 Å². The molecule has 2 rings (SSSR count). The van der Waals surface area contributed by atoms with Gasteiger partial charge in [-0.1, -0.05) is 36.4 Å². The van der Waals surface area contributed by atoms with E-state index < -0.39 is 0 Å². The molecule has 0 atom stereocenters. The van der Waals surface area contributed by atoms with E-state index >= 15 is 0 Å². The van der Waals surface area contributed by atoms with Gasteiger partial charge in [0.25, 0.3) is 0 Å². The number of carbonyl (C=O) groups is 1. The second-order valence-electron chi connectivity index (χ2n) is 4.63. The fraction of sp³-hybridized carbons (Fsp3) is 0.250. The summed E-state index contributed by atoms with van der Waals surface area (Å²) in [5.41, 5.74) is 3.72. The van der Waals surface area contributed by atoms with E-state index in [0.717, 1.165) is 16.7 Å². The van der Waals surface area contributed by atoms with Gasteiger partial charge in [0.05, 0.1) is 20.0 Å². The van der Waals surface area contributed by atoms with Gasteiger partial charge in [0.1, 0.15) is 5.70 Å². The molecule has 1 aliphatic heterocycles. The lowest BCUT2D eigenvalue weighted by Gasteiger charge is -2.24. The van der Waals surface area contributed by atoms with Crippen LogP contribution in [-0.4, -0.2) is 30.9 Å². The first-order chi connectivity index (χ1) is 9.63. The Morgan fingerprint density at radius 3 is 2.90 bits per heavy atom. The fourth-order valence-electron chi connectivity index (χ4n) is 2.15. The molecule has 0 bridgehead atoms. The molecular formula is C16H18N2O2. The third kappa shape index (κ3) is 2.96. The molecule has 4 nitrogen and oxygen atoms in total. The summed E-state index contributed by atoms with van der Waals surface area (Å²) >= 11 is 0. The number of nitrogens with zero attached hydrogens (tertiary/aromatic N) is 2. The largest absolute Gasteiger partial charge is 0.464 e. The van der Waals surface area contributed by atoms with Crippen LogP contribution in [-0.2, 0) is 16.1 Å². The lowest BCUT2D eigenvalue weighted by Crippen LogP contribution is -2.29. The summed E-state index contributed by atoms with van der Waals surface area (Å²) in [6.45, 7) is 7.03. The second-order valence-corrected chi connectivity index (χ2v) is 4.63. The van der Waals surface area contributed by atoms with Crippen molar-refractivity contribution in [2.75, 3.05) is 13.7 Å². The maximum atomic E-state index is 11.8. The summed E-state index contributed by atoms with van der Waals surface area (Å²) < 4.78 is 4.81. The molecule has 0 N–H and O–H groups in total. The molecule has 0 unspecified atom stereocenters. The van der Waals surface area contributed by atoms with E-state index in [-0.39, 0.29) is 5.97 Å². The molecule has 1 heterocycles. The second kappa shape index (κ2) is 6.19. The first-order valence-corrected chi connectivity index (χ1v) is 6.42. The Morgan fingerprint density at radius 2 is 2.20 bits per heavy atom. The van der Waals surface area contributed by atoms with Crippen molar-refractivity contribution in [1.29, 1.82) is 0 Å². The van der Waals surface area contributed by atoms with Crippen LogP contribution in [0.25, 0.3) is 5.57 Å². The molecule has 0 radical (unpaired) electrons. The number of allylic oxidation sites excluding steroid dienone is 1. The molecule has 0 fully saturated rings. The number of benzene rings is 1. The smallest absolute Gasteiger partial charge is 0.354 e. The first kappa shape index (κ1) is 14.1. The predicted molar refractivity (Wildman–Crippen MR) is 80.2 cm³/mol. The standard InChI is InChI=1S/C16H18N2O2/c1-12(2)14-7-5-4-6-13(14)10-18-11-17-9-8-15(18)16(19)20-3/h4-8,11H,1,9-10H2,2-3H3. The molecule has 0 saturated heterocycles. The number of rotatable bonds is 4. The number of hydrogen-bond donors (Lipinski definition) is 0. The maximum Gasteiger partial charge on any atom is 0.354 e. The summed E-state index contributed by atoms with van der Waals surface area (Å²) in [7, 11) is 1.38. The highest BCUT2D eigenvalue weighted by atomic mass is 16.5. The number of aliphatic imine (C=N–C) groups is 1. The van der Waals surface area contributed by atoms with Gasteiger partial charge < -0.3 is 9.64 Å². The highest BCUT2D eigenvalue weighted by Crippen LogP contribution is 2.21. The Labute approximate surface area is 119 Å². The van der Waals surface area contributed by atoms with Gasteiger partial charge in [-0.15, -0.1) is 0 Å². The topological polar surface area (TPSA) is 41.9 Å². The first-order valence-electron chi connectivity index (χ1n) is 6.42. The fourth-order valence-corrected chi connectivity index (χ4v) is 2.15. The van der Waals surface area contributed by atoms with E-state index in [1.807, 2.05) is 31.2 Å². The molecule has 1 aromatic carbocycles. The van der Waals surface area contributed by atoms with Gasteiger partial charge in [0, 0.05) is 6.54 Å². The van der Waals surface area contributed by atoms with Crippen LogP contribution in [0.2, 0.25) is 0 Å². The molecule has 0 saturated carbocycles. The van der Waals surface area contributed by atoms with Crippen molar-refractivity contribution < 1.29 is 9.53 Å². The molecule has 0 aliphatic carbocycles. The minimum atomic E-state index is -0.344. The molecule has 104 valence electrons. The minimum Gasteiger partial charge on any atom is -0.464 e. The molecule has 1 aromatic rings. The quantitative estimate of drug-likeness (QED) is 0.790. The van der Waals surface area contributed by atoms with Gasteiger partial charge in [0.15, 0.2) is 0 Å². The van der Waals surface area contributed by atoms with Gasteiger partial charge >= 0.3 is 5.97 Å². The van der Waals surface area contributed by atoms with E-state index in [2.05, 4.69) is 11.6 Å². The average Bonchev–Trinajstić information content (AvgIpc) is 2.47. The summed E-state index contributed by atoms with van der Waals surface area (Å²) in [4.78, 5) is 17.8. The Bertz CT molecular complexity index is 588. The van der Waals surface area contributed by atoms with E-state index in [4.69, 9.17) is 4.74 Å². The number of ether oxygens (including phenoxy) is 1. The molecule has 20 heavy (non-hydrogen) atoms. The average molecular weight is 270 g/mol. The normalized spacial score (nSPS) is 13.9. The SMILES string of the molecule is C=C(C)c1ccccc1CN1C=NCC=C1C(=O)OC. The van der Waals surface area contributed by atoms with Crippen LogP contribution >= 0.6 is 0 Å². The van der Waals surface area contributed by atoms with E-state index in [9.17, 15) is 4.79 Å². The van der Waals surface area contributed by atoms with Crippen LogP contribution in [0.3, 0.4) is 0 Å². The zero-order chi connectivity index (χ0) is 14.5. The van der Waals surface area contributed by atoms with Crippen LogP contribution in [0.1, 0.15) is 18.1 Å². The molecule has 0 spiro atoms. The number of esters is 1. The Hall–Kier alpha value is -2.36. The molecular weight excluding hydrogens is 252 g/mol. The van der Waals surface area contributed by atoms with Gasteiger partial charge in [-0.05, 0) is 24.1 Å². The van der Waals surface area contributed by atoms with Crippen molar-refractivity contribution in [3.05, 3.63) is 53.7 Å². The molecule has 0 amide bonds. The minimum absolute atomic E-state index is 0.344. The zero-order valence-electron chi connectivity index (χ0n) is 11.8. The third-order valence-electron chi connectivity index (χ3n) is 3.13. The van der Waals surface area contributed by atoms with Gasteiger partial charge in [-0.25, -0.2) is 4.79 Å². The molecule has 1 aliphatic rings. The molecule has 4 heteroatoms. The summed E-state index contributed by atoms with van der Waals surface area (Å²) in [6, 6.07) is 8.01. The summed E-state index contributed by atoms with van der Waals surface area (Å²) in [6.07, 6.45) is 3.46. The van der Waals surface area contributed by atoms with E-state index in [0.29, 0.717) is 18.8 Å². The van der Waals surface area contributed by atoms with Gasteiger partial charge in [-0.2, -0.15) is 0 Å². The summed E-state index contributed by atoms with van der Waals surface area (Å²) in [5, 5.41) is 0. The predicted octanol–water partition coefficient (Wildman–Crippen LogP) is 2.62. The summed E-state index contributed by atoms with van der Waals surface area (Å²) in [5.74, 6) is -0.344. The maximum absolute atomic E-state index is 11.8. The van der Waals surface area contributed by atoms with Crippen molar-refractivity contribution in [1.82, 2.24) is 4.90 Å². The van der Waals surface area contributed by atoms with E-state index in [1.54, 1.807) is 17.3 Å². The van der Waals surface area contributed by atoms with Crippen molar-refractivity contribution >= 4 is 17.9 Å². The highest BCUT2D eigenvalue weighted by molar-refractivity contribution is 5.91. The zero-order valence-corrected chi connectivity index (χ0v) is 11.8. The van der Waals surface area contributed by atoms with Gasteiger partial charge in [0.2, 0.25) is 0 Å². The van der Waals surface area contributed by atoms with Gasteiger partial charge in [-0.3, -0.25) is 4.99 Å².